The van der Waals surface area contributed by atoms with Gasteiger partial charge in [-0.2, -0.15) is 0 Å². The largest absolute Gasteiger partial charge is 0.310 e. The van der Waals surface area contributed by atoms with Crippen molar-refractivity contribution in [3.63, 3.8) is 0 Å². The minimum atomic E-state index is 1.05. The molecule has 0 spiro atoms. The lowest BCUT2D eigenvalue weighted by molar-refractivity contribution is 1.29. The second kappa shape index (κ2) is 11.0. The fourth-order valence-electron chi connectivity index (χ4n) is 6.60. The predicted molar refractivity (Wildman–Crippen MR) is 198 cm³/mol. The van der Waals surface area contributed by atoms with Gasteiger partial charge in [-0.15, -0.1) is 11.3 Å². The molecule has 9 rings (SSSR count). The molecule has 216 valence electrons. The molecule has 0 amide bonds. The summed E-state index contributed by atoms with van der Waals surface area (Å²) >= 11 is 1.78. The third-order valence-corrected chi connectivity index (χ3v) is 9.99. The maximum atomic E-state index is 5.23. The molecule has 0 fully saturated rings. The normalized spacial score (nSPS) is 11.5. The zero-order valence-electron chi connectivity index (χ0n) is 25.0. The van der Waals surface area contributed by atoms with Crippen molar-refractivity contribution in [2.45, 2.75) is 0 Å². The van der Waals surface area contributed by atoms with Crippen LogP contribution in [0.1, 0.15) is 0 Å². The number of aromatic nitrogens is 1. The minimum Gasteiger partial charge on any atom is -0.310 e. The molecule has 1 heterocycles. The highest BCUT2D eigenvalue weighted by Crippen LogP contribution is 2.44. The maximum absolute atomic E-state index is 5.23. The van der Waals surface area contributed by atoms with E-state index in [1.165, 1.54) is 48.1 Å². The summed E-state index contributed by atoms with van der Waals surface area (Å²) < 4.78 is 1.23. The van der Waals surface area contributed by atoms with Crippen molar-refractivity contribution in [1.82, 2.24) is 4.98 Å². The van der Waals surface area contributed by atoms with Gasteiger partial charge in [-0.1, -0.05) is 133 Å². The van der Waals surface area contributed by atoms with E-state index in [2.05, 4.69) is 175 Å². The second-order valence-corrected chi connectivity index (χ2v) is 12.6. The van der Waals surface area contributed by atoms with Crippen LogP contribution in [0.4, 0.5) is 17.1 Å². The Morgan fingerprint density at radius 3 is 1.76 bits per heavy atom. The number of benzene rings is 8. The molecule has 0 aliphatic heterocycles. The van der Waals surface area contributed by atoms with Gasteiger partial charge < -0.3 is 4.90 Å². The fourth-order valence-corrected chi connectivity index (χ4v) is 7.73. The Kier molecular flexibility index (Phi) is 6.36. The first-order valence-electron chi connectivity index (χ1n) is 15.5. The Morgan fingerprint density at radius 2 is 0.978 bits per heavy atom. The van der Waals surface area contributed by atoms with Crippen molar-refractivity contribution in [3.05, 3.63) is 170 Å². The molecule has 9 aromatic rings. The van der Waals surface area contributed by atoms with Gasteiger partial charge in [0.2, 0.25) is 0 Å². The van der Waals surface area contributed by atoms with Crippen molar-refractivity contribution >= 4 is 70.9 Å². The Morgan fingerprint density at radius 1 is 0.391 bits per heavy atom. The first-order valence-corrected chi connectivity index (χ1v) is 16.4. The van der Waals surface area contributed by atoms with E-state index < -0.39 is 0 Å². The number of hydrogen-bond donors (Lipinski definition) is 0. The quantitative estimate of drug-likeness (QED) is 0.182. The second-order valence-electron chi connectivity index (χ2n) is 11.6. The lowest BCUT2D eigenvalue weighted by atomic mass is 9.99. The number of thiazole rings is 1. The number of fused-ring (bicyclic) bond motifs is 7. The van der Waals surface area contributed by atoms with E-state index in [1.807, 2.05) is 0 Å². The molecule has 0 aliphatic carbocycles. The topological polar surface area (TPSA) is 16.1 Å². The molecule has 0 saturated carbocycles. The Hall–Kier alpha value is -5.77. The first-order chi connectivity index (χ1) is 22.8. The van der Waals surface area contributed by atoms with Crippen LogP contribution in [0.25, 0.3) is 64.2 Å². The van der Waals surface area contributed by atoms with Crippen LogP contribution in [0.2, 0.25) is 0 Å². The van der Waals surface area contributed by atoms with Gasteiger partial charge in [0, 0.05) is 33.4 Å². The van der Waals surface area contributed by atoms with E-state index >= 15 is 0 Å². The van der Waals surface area contributed by atoms with E-state index in [0.717, 1.165) is 33.1 Å². The van der Waals surface area contributed by atoms with Crippen molar-refractivity contribution in [2.75, 3.05) is 4.90 Å². The van der Waals surface area contributed by atoms with Gasteiger partial charge in [0.25, 0.3) is 0 Å². The molecule has 8 aromatic carbocycles. The fraction of sp³-hybridized carbons (Fsp3) is 0. The SMILES string of the molecule is c1ccc(-c2ccc(N(c3ccc4ccccc4c3)c3ccc4c(c3)c3ccccc3c3sc(-c5ccccc5)nc43)cc2)cc1. The minimum absolute atomic E-state index is 1.05. The molecule has 0 bridgehead atoms. The Bertz CT molecular complexity index is 2520. The van der Waals surface area contributed by atoms with Crippen LogP contribution >= 0.6 is 11.3 Å². The van der Waals surface area contributed by atoms with Crippen LogP contribution < -0.4 is 4.90 Å². The highest BCUT2D eigenvalue weighted by molar-refractivity contribution is 7.22. The van der Waals surface area contributed by atoms with Crippen molar-refractivity contribution in [1.29, 1.82) is 0 Å². The van der Waals surface area contributed by atoms with Gasteiger partial charge in [0.15, 0.2) is 0 Å². The third kappa shape index (κ3) is 4.52. The van der Waals surface area contributed by atoms with Gasteiger partial charge >= 0.3 is 0 Å². The summed E-state index contributed by atoms with van der Waals surface area (Å²) in [5, 5.41) is 8.36. The van der Waals surface area contributed by atoms with E-state index in [1.54, 1.807) is 11.3 Å². The molecular weight excluding hydrogens is 577 g/mol. The van der Waals surface area contributed by atoms with Crippen LogP contribution in [0, 0.1) is 0 Å². The molecule has 0 saturated heterocycles. The Balaban J connectivity index is 1.26. The average Bonchev–Trinajstić information content (AvgIpc) is 3.59. The van der Waals surface area contributed by atoms with Gasteiger partial charge in [0.1, 0.15) is 5.01 Å². The van der Waals surface area contributed by atoms with Crippen molar-refractivity contribution < 1.29 is 0 Å². The summed E-state index contributed by atoms with van der Waals surface area (Å²) in [6.07, 6.45) is 0. The number of anilines is 3. The summed E-state index contributed by atoms with van der Waals surface area (Å²) in [7, 11) is 0. The molecule has 0 atom stereocenters. The van der Waals surface area contributed by atoms with E-state index in [-0.39, 0.29) is 0 Å². The summed E-state index contributed by atoms with van der Waals surface area (Å²) in [5.41, 5.74) is 7.97. The van der Waals surface area contributed by atoms with Gasteiger partial charge in [0.05, 0.1) is 10.2 Å². The highest BCUT2D eigenvalue weighted by atomic mass is 32.1. The molecule has 46 heavy (non-hydrogen) atoms. The van der Waals surface area contributed by atoms with Crippen LogP contribution in [-0.4, -0.2) is 4.98 Å². The zero-order valence-corrected chi connectivity index (χ0v) is 25.8. The third-order valence-electron chi connectivity index (χ3n) is 8.85. The molecule has 3 heteroatoms. The lowest BCUT2D eigenvalue weighted by Gasteiger charge is -2.26. The lowest BCUT2D eigenvalue weighted by Crippen LogP contribution is -2.10. The first kappa shape index (κ1) is 26.6. The molecule has 0 aliphatic rings. The molecule has 0 unspecified atom stereocenters. The van der Waals surface area contributed by atoms with E-state index in [0.29, 0.717) is 0 Å². The number of hydrogen-bond acceptors (Lipinski definition) is 3. The highest BCUT2D eigenvalue weighted by Gasteiger charge is 2.18. The zero-order chi connectivity index (χ0) is 30.5. The van der Waals surface area contributed by atoms with Gasteiger partial charge in [-0.25, -0.2) is 4.98 Å². The van der Waals surface area contributed by atoms with E-state index in [9.17, 15) is 0 Å². The smallest absolute Gasteiger partial charge is 0.124 e. The summed E-state index contributed by atoms with van der Waals surface area (Å²) in [6, 6.07) is 60.9. The monoisotopic (exact) mass is 604 g/mol. The van der Waals surface area contributed by atoms with E-state index in [4.69, 9.17) is 4.98 Å². The maximum Gasteiger partial charge on any atom is 0.124 e. The Labute approximate surface area is 271 Å². The summed E-state index contributed by atoms with van der Waals surface area (Å²) in [6.45, 7) is 0. The predicted octanol–water partition coefficient (Wildman–Crippen LogP) is 12.6. The van der Waals surface area contributed by atoms with Gasteiger partial charge in [-0.05, 0) is 69.1 Å². The van der Waals surface area contributed by atoms with Crippen LogP contribution in [0.15, 0.2) is 170 Å². The average molecular weight is 605 g/mol. The molecule has 2 nitrogen and oxygen atoms in total. The molecular formula is C43H28N2S. The molecule has 0 radical (unpaired) electrons. The summed E-state index contributed by atoms with van der Waals surface area (Å²) in [4.78, 5) is 7.60. The van der Waals surface area contributed by atoms with Crippen LogP contribution in [0.5, 0.6) is 0 Å². The van der Waals surface area contributed by atoms with Crippen molar-refractivity contribution in [2.24, 2.45) is 0 Å². The van der Waals surface area contributed by atoms with Gasteiger partial charge in [-0.3, -0.25) is 0 Å². The van der Waals surface area contributed by atoms with Crippen LogP contribution in [-0.2, 0) is 0 Å². The summed E-state index contributed by atoms with van der Waals surface area (Å²) in [5.74, 6) is 0. The molecule has 0 N–H and O–H groups in total. The van der Waals surface area contributed by atoms with Crippen LogP contribution in [0.3, 0.4) is 0 Å². The van der Waals surface area contributed by atoms with Crippen molar-refractivity contribution in [3.8, 4) is 21.7 Å². The molecule has 1 aromatic heterocycles. The standard InChI is InChI=1S/C43H28N2S/c1-3-11-29(12-4-1)31-19-22-34(23-20-31)45(35-24-21-30-13-7-8-16-33(30)27-35)36-25-26-38-40(28-36)37-17-9-10-18-39(37)42-41(38)44-43(46-42)32-14-5-2-6-15-32/h1-28H. The number of nitrogens with zero attached hydrogens (tertiary/aromatic N) is 2. The number of rotatable bonds is 5.